The summed E-state index contributed by atoms with van der Waals surface area (Å²) in [6.07, 6.45) is 1.77. The molecule has 0 bridgehead atoms. The summed E-state index contributed by atoms with van der Waals surface area (Å²) >= 11 is 0. The number of benzene rings is 1. The summed E-state index contributed by atoms with van der Waals surface area (Å²) in [4.78, 5) is 4.31. The van der Waals surface area contributed by atoms with E-state index in [0.29, 0.717) is 23.6 Å². The van der Waals surface area contributed by atoms with Gasteiger partial charge in [-0.05, 0) is 29.8 Å². The van der Waals surface area contributed by atoms with Gasteiger partial charge in [0.1, 0.15) is 5.82 Å². The highest BCUT2D eigenvalue weighted by atomic mass is 19.1. The van der Waals surface area contributed by atoms with Gasteiger partial charge in [0.2, 0.25) is 0 Å². The van der Waals surface area contributed by atoms with Crippen molar-refractivity contribution in [3.05, 3.63) is 54.0 Å². The second kappa shape index (κ2) is 4.19. The maximum absolute atomic E-state index is 13.6. The van der Waals surface area contributed by atoms with Crippen molar-refractivity contribution in [3.8, 4) is 11.4 Å². The third kappa shape index (κ3) is 1.74. The highest BCUT2D eigenvalue weighted by Crippen LogP contribution is 2.19. The van der Waals surface area contributed by atoms with Crippen LogP contribution in [-0.4, -0.2) is 14.6 Å². The topological polar surface area (TPSA) is 56.2 Å². The van der Waals surface area contributed by atoms with Crippen LogP contribution < -0.4 is 5.73 Å². The van der Waals surface area contributed by atoms with Crippen LogP contribution in [0.1, 0.15) is 5.56 Å². The van der Waals surface area contributed by atoms with Crippen molar-refractivity contribution in [2.24, 2.45) is 5.73 Å². The van der Waals surface area contributed by atoms with Gasteiger partial charge in [-0.2, -0.15) is 0 Å². The molecule has 0 aliphatic rings. The van der Waals surface area contributed by atoms with E-state index < -0.39 is 0 Å². The van der Waals surface area contributed by atoms with Gasteiger partial charge >= 0.3 is 0 Å². The first-order valence-electron chi connectivity index (χ1n) is 5.58. The van der Waals surface area contributed by atoms with Gasteiger partial charge in [0.25, 0.3) is 0 Å². The summed E-state index contributed by atoms with van der Waals surface area (Å²) < 4.78 is 15.3. The van der Waals surface area contributed by atoms with Crippen LogP contribution in [-0.2, 0) is 6.54 Å². The summed E-state index contributed by atoms with van der Waals surface area (Å²) in [6, 6.07) is 10.2. The highest BCUT2D eigenvalue weighted by Gasteiger charge is 2.10. The maximum Gasteiger partial charge on any atom is 0.185 e. The van der Waals surface area contributed by atoms with Crippen LogP contribution in [0, 0.1) is 5.82 Å². The lowest BCUT2D eigenvalue weighted by Gasteiger charge is -1.95. The quantitative estimate of drug-likeness (QED) is 0.747. The lowest BCUT2D eigenvalue weighted by Crippen LogP contribution is -1.97. The fourth-order valence-corrected chi connectivity index (χ4v) is 1.81. The first kappa shape index (κ1) is 10.9. The Morgan fingerprint density at radius 3 is 2.83 bits per heavy atom. The molecule has 0 aliphatic heterocycles. The molecule has 2 aromatic heterocycles. The predicted molar refractivity (Wildman–Crippen MR) is 66.3 cm³/mol. The smallest absolute Gasteiger partial charge is 0.185 e. The minimum atomic E-state index is -0.326. The molecular weight excluding hydrogens is 231 g/mol. The number of fused-ring (bicyclic) bond motifs is 1. The molecule has 0 saturated heterocycles. The molecule has 0 amide bonds. The zero-order valence-electron chi connectivity index (χ0n) is 9.55. The molecule has 0 unspecified atom stereocenters. The molecule has 1 aromatic carbocycles. The van der Waals surface area contributed by atoms with Crippen molar-refractivity contribution in [2.45, 2.75) is 6.54 Å². The summed E-state index contributed by atoms with van der Waals surface area (Å²) in [5, 5.41) is 4.24. The Balaban J connectivity index is 2.17. The largest absolute Gasteiger partial charge is 0.326 e. The van der Waals surface area contributed by atoms with Gasteiger partial charge in [-0.3, -0.25) is 0 Å². The Kier molecular flexibility index (Phi) is 2.53. The van der Waals surface area contributed by atoms with E-state index in [-0.39, 0.29) is 5.82 Å². The molecule has 0 spiro atoms. The lowest BCUT2D eigenvalue weighted by molar-refractivity contribution is 0.630. The van der Waals surface area contributed by atoms with E-state index in [1.54, 1.807) is 28.9 Å². The van der Waals surface area contributed by atoms with Gasteiger partial charge in [-0.15, -0.1) is 5.10 Å². The van der Waals surface area contributed by atoms with Gasteiger partial charge in [0.15, 0.2) is 11.5 Å². The molecule has 18 heavy (non-hydrogen) atoms. The standard InChI is InChI=1S/C13H11FN4/c14-11-4-2-1-3-10(11)13-16-12-7-9(8-15)5-6-18(12)17-13/h1-7H,8,15H2. The first-order chi connectivity index (χ1) is 8.78. The average molecular weight is 242 g/mol. The van der Waals surface area contributed by atoms with Gasteiger partial charge in [0.05, 0.1) is 5.56 Å². The van der Waals surface area contributed by atoms with Gasteiger partial charge in [-0.25, -0.2) is 13.9 Å². The van der Waals surface area contributed by atoms with Crippen molar-refractivity contribution in [3.63, 3.8) is 0 Å². The van der Waals surface area contributed by atoms with Crippen molar-refractivity contribution in [2.75, 3.05) is 0 Å². The maximum atomic E-state index is 13.6. The van der Waals surface area contributed by atoms with E-state index >= 15 is 0 Å². The number of pyridine rings is 1. The highest BCUT2D eigenvalue weighted by molar-refractivity contribution is 5.59. The molecule has 0 atom stereocenters. The number of nitrogens with two attached hydrogens (primary N) is 1. The lowest BCUT2D eigenvalue weighted by atomic mass is 10.2. The number of aromatic nitrogens is 3. The molecule has 90 valence electrons. The third-order valence-electron chi connectivity index (χ3n) is 2.75. The van der Waals surface area contributed by atoms with Crippen LogP contribution in [0.3, 0.4) is 0 Å². The van der Waals surface area contributed by atoms with Crippen molar-refractivity contribution in [1.29, 1.82) is 0 Å². The molecule has 4 nitrogen and oxygen atoms in total. The van der Waals surface area contributed by atoms with Crippen LogP contribution in [0.15, 0.2) is 42.6 Å². The molecule has 5 heteroatoms. The fourth-order valence-electron chi connectivity index (χ4n) is 1.81. The van der Waals surface area contributed by atoms with E-state index in [4.69, 9.17) is 5.73 Å². The SMILES string of the molecule is NCc1ccn2nc(-c3ccccc3F)nc2c1. The molecule has 0 saturated carbocycles. The Hall–Kier alpha value is -2.27. The first-order valence-corrected chi connectivity index (χ1v) is 5.58. The minimum Gasteiger partial charge on any atom is -0.326 e. The van der Waals surface area contributed by atoms with Gasteiger partial charge < -0.3 is 5.73 Å². The van der Waals surface area contributed by atoms with E-state index in [0.717, 1.165) is 5.56 Å². The number of halogens is 1. The molecule has 0 aliphatic carbocycles. The summed E-state index contributed by atoms with van der Waals surface area (Å²) in [5.41, 5.74) is 7.59. The number of hydrogen-bond donors (Lipinski definition) is 1. The molecule has 0 fully saturated rings. The Labute approximate surface area is 103 Å². The molecule has 2 heterocycles. The van der Waals surface area contributed by atoms with Crippen molar-refractivity contribution < 1.29 is 4.39 Å². The molecule has 3 aromatic rings. The summed E-state index contributed by atoms with van der Waals surface area (Å²) in [7, 11) is 0. The number of nitrogens with zero attached hydrogens (tertiary/aromatic N) is 3. The predicted octanol–water partition coefficient (Wildman–Crippen LogP) is 1.99. The van der Waals surface area contributed by atoms with E-state index in [9.17, 15) is 4.39 Å². The molecule has 0 radical (unpaired) electrons. The monoisotopic (exact) mass is 242 g/mol. The van der Waals surface area contributed by atoms with Gasteiger partial charge in [-0.1, -0.05) is 12.1 Å². The van der Waals surface area contributed by atoms with Crippen LogP contribution in [0.4, 0.5) is 4.39 Å². The van der Waals surface area contributed by atoms with E-state index in [2.05, 4.69) is 10.1 Å². The Morgan fingerprint density at radius 2 is 2.06 bits per heavy atom. The summed E-state index contributed by atoms with van der Waals surface area (Å²) in [5.74, 6) is 0.0507. The van der Waals surface area contributed by atoms with E-state index in [1.807, 2.05) is 12.1 Å². The Morgan fingerprint density at radius 1 is 1.22 bits per heavy atom. The molecule has 3 rings (SSSR count). The average Bonchev–Trinajstić information content (AvgIpc) is 2.81. The normalized spacial score (nSPS) is 11.0. The third-order valence-corrected chi connectivity index (χ3v) is 2.75. The second-order valence-corrected chi connectivity index (χ2v) is 3.96. The van der Waals surface area contributed by atoms with Crippen LogP contribution in [0.25, 0.3) is 17.0 Å². The number of rotatable bonds is 2. The molecule has 2 N–H and O–H groups in total. The van der Waals surface area contributed by atoms with Crippen molar-refractivity contribution in [1.82, 2.24) is 14.6 Å². The van der Waals surface area contributed by atoms with Crippen LogP contribution >= 0.6 is 0 Å². The molecular formula is C13H11FN4. The minimum absolute atomic E-state index is 0.326. The second-order valence-electron chi connectivity index (χ2n) is 3.96. The zero-order chi connectivity index (χ0) is 12.5. The van der Waals surface area contributed by atoms with Crippen LogP contribution in [0.5, 0.6) is 0 Å². The van der Waals surface area contributed by atoms with Crippen molar-refractivity contribution >= 4 is 5.65 Å². The summed E-state index contributed by atoms with van der Waals surface area (Å²) in [6.45, 7) is 0.443. The Bertz CT molecular complexity index is 705. The van der Waals surface area contributed by atoms with Crippen LogP contribution in [0.2, 0.25) is 0 Å². The fraction of sp³-hybridized carbons (Fsp3) is 0.0769. The van der Waals surface area contributed by atoms with E-state index in [1.165, 1.54) is 6.07 Å². The number of hydrogen-bond acceptors (Lipinski definition) is 3. The van der Waals surface area contributed by atoms with Gasteiger partial charge in [0, 0.05) is 12.7 Å². The zero-order valence-corrected chi connectivity index (χ0v) is 9.55.